The van der Waals surface area contributed by atoms with Crippen molar-refractivity contribution in [2.45, 2.75) is 27.7 Å². The molecule has 1 aromatic heterocycles. The van der Waals surface area contributed by atoms with Gasteiger partial charge < -0.3 is 5.32 Å². The zero-order chi connectivity index (χ0) is 15.4. The van der Waals surface area contributed by atoms with Gasteiger partial charge in [0.05, 0.1) is 5.56 Å². The molecule has 0 aliphatic heterocycles. The van der Waals surface area contributed by atoms with Crippen LogP contribution in [0.4, 0.5) is 5.69 Å². The van der Waals surface area contributed by atoms with Gasteiger partial charge in [0.2, 0.25) is 0 Å². The maximum absolute atomic E-state index is 11.8. The Morgan fingerprint density at radius 3 is 2.15 bits per heavy atom. The van der Waals surface area contributed by atoms with Gasteiger partial charge in [-0.25, -0.2) is 4.98 Å². The smallest absolute Gasteiger partial charge is 0.258 e. The number of aromatic nitrogens is 1. The molecule has 1 aromatic carbocycles. The number of para-hydroxylation sites is 1. The van der Waals surface area contributed by atoms with E-state index in [1.54, 1.807) is 18.3 Å². The Bertz CT molecular complexity index is 501. The molecular formula is C16H21ClN2O. The van der Waals surface area contributed by atoms with Crippen molar-refractivity contribution in [3.05, 3.63) is 59.4 Å². The predicted molar refractivity (Wildman–Crippen MR) is 86.3 cm³/mol. The highest BCUT2D eigenvalue weighted by atomic mass is 35.5. The van der Waals surface area contributed by atoms with Crippen LogP contribution in [0.3, 0.4) is 0 Å². The Morgan fingerprint density at radius 1 is 1.00 bits per heavy atom. The minimum Gasteiger partial charge on any atom is -0.322 e. The maximum Gasteiger partial charge on any atom is 0.258 e. The molecule has 0 spiro atoms. The first-order valence-corrected chi connectivity index (χ1v) is 7.12. The molecule has 1 heterocycles. The fraction of sp³-hybridized carbons (Fsp3) is 0.250. The number of hydrogen-bond acceptors (Lipinski definition) is 2. The number of hydrogen-bond donors (Lipinski definition) is 1. The van der Waals surface area contributed by atoms with Crippen molar-refractivity contribution in [3.63, 3.8) is 0 Å². The Balaban J connectivity index is 0.000000829. The maximum atomic E-state index is 11.8. The molecule has 1 amide bonds. The zero-order valence-corrected chi connectivity index (χ0v) is 13.1. The number of halogens is 1. The van der Waals surface area contributed by atoms with Gasteiger partial charge in [0, 0.05) is 11.9 Å². The minimum absolute atomic E-state index is 0.205. The van der Waals surface area contributed by atoms with Crippen LogP contribution in [0.5, 0.6) is 0 Å². The largest absolute Gasteiger partial charge is 0.322 e. The third-order valence-corrected chi connectivity index (χ3v) is 2.34. The first kappa shape index (κ1) is 18.1. The van der Waals surface area contributed by atoms with Crippen LogP contribution in [0.15, 0.2) is 48.7 Å². The van der Waals surface area contributed by atoms with Gasteiger partial charge in [-0.15, -0.1) is 0 Å². The Morgan fingerprint density at radius 2 is 1.60 bits per heavy atom. The van der Waals surface area contributed by atoms with Gasteiger partial charge >= 0.3 is 0 Å². The number of carbonyl (C=O) groups is 1. The van der Waals surface area contributed by atoms with Crippen LogP contribution in [0.2, 0.25) is 5.15 Å². The van der Waals surface area contributed by atoms with E-state index in [0.717, 1.165) is 5.69 Å². The van der Waals surface area contributed by atoms with E-state index < -0.39 is 0 Å². The molecule has 3 nitrogen and oxygen atoms in total. The number of amides is 1. The first-order chi connectivity index (χ1) is 9.77. The normalized spacial score (nSPS) is 8.45. The summed E-state index contributed by atoms with van der Waals surface area (Å²) in [7, 11) is 0. The lowest BCUT2D eigenvalue weighted by atomic mass is 10.2. The molecule has 2 rings (SSSR count). The summed E-state index contributed by atoms with van der Waals surface area (Å²) in [5.41, 5.74) is 1.10. The molecule has 0 saturated heterocycles. The summed E-state index contributed by atoms with van der Waals surface area (Å²) in [5.74, 6) is -0.260. The molecule has 0 aliphatic rings. The first-order valence-electron chi connectivity index (χ1n) is 6.74. The van der Waals surface area contributed by atoms with Crippen molar-refractivity contribution in [2.24, 2.45) is 0 Å². The number of nitrogens with one attached hydrogen (secondary N) is 1. The van der Waals surface area contributed by atoms with Gasteiger partial charge in [-0.05, 0) is 24.3 Å². The fourth-order valence-corrected chi connectivity index (χ4v) is 1.48. The van der Waals surface area contributed by atoms with Crippen molar-refractivity contribution in [1.82, 2.24) is 4.98 Å². The Labute approximate surface area is 126 Å². The molecule has 0 bridgehead atoms. The lowest BCUT2D eigenvalue weighted by molar-refractivity contribution is 0.102. The van der Waals surface area contributed by atoms with Crippen LogP contribution >= 0.6 is 11.6 Å². The standard InChI is InChI=1S/C12H9ClN2O.2C2H6/c13-11-10(7-4-8-14-11)12(16)15-9-5-2-1-3-6-9;2*1-2/h1-8H,(H,15,16);2*1-2H3. The molecule has 4 heteroatoms. The molecule has 0 saturated carbocycles. The number of rotatable bonds is 2. The molecule has 108 valence electrons. The summed E-state index contributed by atoms with van der Waals surface area (Å²) >= 11 is 5.81. The fourth-order valence-electron chi connectivity index (χ4n) is 1.28. The molecule has 0 aliphatic carbocycles. The molecular weight excluding hydrogens is 272 g/mol. The van der Waals surface area contributed by atoms with Crippen LogP contribution in [-0.4, -0.2) is 10.9 Å². The van der Waals surface area contributed by atoms with Crippen LogP contribution < -0.4 is 5.32 Å². The van der Waals surface area contributed by atoms with Crippen LogP contribution in [0.1, 0.15) is 38.1 Å². The van der Waals surface area contributed by atoms with Gasteiger partial charge in [0.1, 0.15) is 5.15 Å². The highest BCUT2D eigenvalue weighted by Crippen LogP contribution is 2.14. The van der Waals surface area contributed by atoms with Gasteiger partial charge in [0.15, 0.2) is 0 Å². The SMILES string of the molecule is CC.CC.O=C(Nc1ccccc1)c1cccnc1Cl. The lowest BCUT2D eigenvalue weighted by Crippen LogP contribution is -2.12. The quantitative estimate of drug-likeness (QED) is 0.788. The van der Waals surface area contributed by atoms with Crippen LogP contribution in [0.25, 0.3) is 0 Å². The van der Waals surface area contributed by atoms with E-state index in [9.17, 15) is 4.79 Å². The van der Waals surface area contributed by atoms with Crippen LogP contribution in [-0.2, 0) is 0 Å². The molecule has 0 radical (unpaired) electrons. The van der Waals surface area contributed by atoms with Crippen molar-refractivity contribution in [2.75, 3.05) is 5.32 Å². The molecule has 0 unspecified atom stereocenters. The molecule has 0 atom stereocenters. The second-order valence-electron chi connectivity index (χ2n) is 3.16. The van der Waals surface area contributed by atoms with Crippen LogP contribution in [0, 0.1) is 0 Å². The van der Waals surface area contributed by atoms with Gasteiger partial charge in [-0.2, -0.15) is 0 Å². The second kappa shape index (κ2) is 11.0. The number of carbonyl (C=O) groups excluding carboxylic acids is 1. The van der Waals surface area contributed by atoms with E-state index in [1.807, 2.05) is 58.0 Å². The van der Waals surface area contributed by atoms with E-state index in [4.69, 9.17) is 11.6 Å². The Kier molecular flexibility index (Phi) is 9.97. The topological polar surface area (TPSA) is 42.0 Å². The molecule has 0 fully saturated rings. The minimum atomic E-state index is -0.260. The summed E-state index contributed by atoms with van der Waals surface area (Å²) in [4.78, 5) is 15.6. The number of pyridine rings is 1. The summed E-state index contributed by atoms with van der Waals surface area (Å²) in [6.45, 7) is 8.00. The highest BCUT2D eigenvalue weighted by Gasteiger charge is 2.10. The monoisotopic (exact) mass is 292 g/mol. The number of nitrogens with zero attached hydrogens (tertiary/aromatic N) is 1. The third-order valence-electron chi connectivity index (χ3n) is 2.04. The van der Waals surface area contributed by atoms with Crippen molar-refractivity contribution < 1.29 is 4.79 Å². The second-order valence-corrected chi connectivity index (χ2v) is 3.52. The number of benzene rings is 1. The summed E-state index contributed by atoms with van der Waals surface area (Å²) in [5, 5.41) is 2.94. The van der Waals surface area contributed by atoms with E-state index in [0.29, 0.717) is 5.56 Å². The van der Waals surface area contributed by atoms with Crippen molar-refractivity contribution in [1.29, 1.82) is 0 Å². The van der Waals surface area contributed by atoms with Gasteiger partial charge in [-0.1, -0.05) is 57.5 Å². The third kappa shape index (κ3) is 5.85. The van der Waals surface area contributed by atoms with Crippen molar-refractivity contribution >= 4 is 23.2 Å². The predicted octanol–water partition coefficient (Wildman–Crippen LogP) is 5.04. The number of anilines is 1. The molecule has 1 N–H and O–H groups in total. The highest BCUT2D eigenvalue weighted by molar-refractivity contribution is 6.33. The van der Waals surface area contributed by atoms with E-state index >= 15 is 0 Å². The summed E-state index contributed by atoms with van der Waals surface area (Å²) in [6, 6.07) is 12.5. The zero-order valence-electron chi connectivity index (χ0n) is 12.4. The molecule has 2 aromatic rings. The molecule has 20 heavy (non-hydrogen) atoms. The average molecular weight is 293 g/mol. The lowest BCUT2D eigenvalue weighted by Gasteiger charge is -2.05. The Hall–Kier alpha value is -1.87. The van der Waals surface area contributed by atoms with Crippen molar-refractivity contribution in [3.8, 4) is 0 Å². The van der Waals surface area contributed by atoms with Gasteiger partial charge in [-0.3, -0.25) is 4.79 Å². The summed E-state index contributed by atoms with van der Waals surface area (Å²) < 4.78 is 0. The average Bonchev–Trinajstić information content (AvgIpc) is 2.52. The summed E-state index contributed by atoms with van der Waals surface area (Å²) in [6.07, 6.45) is 1.54. The van der Waals surface area contributed by atoms with Gasteiger partial charge in [0.25, 0.3) is 5.91 Å². The van der Waals surface area contributed by atoms with E-state index in [-0.39, 0.29) is 11.1 Å². The van der Waals surface area contributed by atoms with E-state index in [2.05, 4.69) is 10.3 Å². The van der Waals surface area contributed by atoms with E-state index in [1.165, 1.54) is 0 Å².